The number of rotatable bonds is 6. The molecule has 2 aromatic carbocycles. The number of carbonyl (C=O) groups is 1. The Morgan fingerprint density at radius 3 is 1.68 bits per heavy atom. The van der Waals surface area contributed by atoms with Gasteiger partial charge in [-0.3, -0.25) is 4.79 Å². The van der Waals surface area contributed by atoms with E-state index in [2.05, 4.69) is 50.2 Å². The van der Waals surface area contributed by atoms with Crippen molar-refractivity contribution in [1.29, 1.82) is 0 Å². The van der Waals surface area contributed by atoms with Gasteiger partial charge in [0.2, 0.25) is 0 Å². The van der Waals surface area contributed by atoms with Crippen molar-refractivity contribution in [2.45, 2.75) is 31.7 Å². The summed E-state index contributed by atoms with van der Waals surface area (Å²) in [5.41, 5.74) is 1.55. The van der Waals surface area contributed by atoms with Gasteiger partial charge in [0, 0.05) is 6.04 Å². The third-order valence-electron chi connectivity index (χ3n) is 4.62. The lowest BCUT2D eigenvalue weighted by Gasteiger charge is -2.37. The Balaban J connectivity index is 2.63. The van der Waals surface area contributed by atoms with Crippen LogP contribution in [-0.4, -0.2) is 30.8 Å². The van der Waals surface area contributed by atoms with E-state index in [4.69, 9.17) is 0 Å². The third-order valence-corrected chi connectivity index (χ3v) is 4.62. The molecule has 0 fully saturated rings. The number of nitrogens with zero attached hydrogens (tertiary/aromatic N) is 1. The van der Waals surface area contributed by atoms with Crippen LogP contribution in [0.15, 0.2) is 60.7 Å². The van der Waals surface area contributed by atoms with Crippen LogP contribution in [0.3, 0.4) is 0 Å². The van der Waals surface area contributed by atoms with Crippen molar-refractivity contribution in [2.24, 2.45) is 0 Å². The van der Waals surface area contributed by atoms with Crippen LogP contribution in [0.2, 0.25) is 0 Å². The van der Waals surface area contributed by atoms with Gasteiger partial charge < -0.3 is 4.90 Å². The van der Waals surface area contributed by atoms with E-state index < -0.39 is 5.41 Å². The SMILES string of the molecule is CC(=O)C(C[C@@H](C)N(C)C)(c1ccccc1)c1ccccc1. The van der Waals surface area contributed by atoms with E-state index in [1.807, 2.05) is 36.4 Å². The summed E-state index contributed by atoms with van der Waals surface area (Å²) < 4.78 is 0. The summed E-state index contributed by atoms with van der Waals surface area (Å²) in [5.74, 6) is 0.193. The molecule has 116 valence electrons. The van der Waals surface area contributed by atoms with Crippen molar-refractivity contribution >= 4 is 5.78 Å². The van der Waals surface area contributed by atoms with Gasteiger partial charge in [0.05, 0.1) is 5.41 Å². The zero-order valence-corrected chi connectivity index (χ0v) is 13.9. The number of benzene rings is 2. The van der Waals surface area contributed by atoms with Gasteiger partial charge in [0.1, 0.15) is 5.78 Å². The molecular formula is C20H25NO. The second-order valence-electron chi connectivity index (χ2n) is 6.21. The maximum Gasteiger partial charge on any atom is 0.144 e. The van der Waals surface area contributed by atoms with Crippen LogP contribution in [-0.2, 0) is 10.2 Å². The molecule has 2 aromatic rings. The van der Waals surface area contributed by atoms with Gasteiger partial charge >= 0.3 is 0 Å². The molecule has 0 bridgehead atoms. The van der Waals surface area contributed by atoms with Gasteiger partial charge in [-0.2, -0.15) is 0 Å². The quantitative estimate of drug-likeness (QED) is 0.805. The highest BCUT2D eigenvalue weighted by atomic mass is 16.1. The summed E-state index contributed by atoms with van der Waals surface area (Å²) in [6.45, 7) is 3.88. The highest BCUT2D eigenvalue weighted by molar-refractivity contribution is 5.92. The van der Waals surface area contributed by atoms with Gasteiger partial charge in [-0.1, -0.05) is 60.7 Å². The highest BCUT2D eigenvalue weighted by Crippen LogP contribution is 2.38. The molecule has 0 unspecified atom stereocenters. The van der Waals surface area contributed by atoms with Crippen LogP contribution >= 0.6 is 0 Å². The first kappa shape index (κ1) is 16.4. The number of hydrogen-bond donors (Lipinski definition) is 0. The lowest BCUT2D eigenvalue weighted by molar-refractivity contribution is -0.121. The molecule has 0 saturated heterocycles. The normalized spacial score (nSPS) is 13.1. The van der Waals surface area contributed by atoms with E-state index in [1.165, 1.54) is 0 Å². The fraction of sp³-hybridized carbons (Fsp3) is 0.350. The summed E-state index contributed by atoms with van der Waals surface area (Å²) in [7, 11) is 4.12. The smallest absolute Gasteiger partial charge is 0.144 e. The number of hydrogen-bond acceptors (Lipinski definition) is 2. The van der Waals surface area contributed by atoms with Crippen LogP contribution in [0.5, 0.6) is 0 Å². The first-order chi connectivity index (χ1) is 10.5. The summed E-state index contributed by atoms with van der Waals surface area (Å²) >= 11 is 0. The van der Waals surface area contributed by atoms with Gasteiger partial charge in [-0.15, -0.1) is 0 Å². The van der Waals surface area contributed by atoms with Gasteiger partial charge in [-0.25, -0.2) is 0 Å². The van der Waals surface area contributed by atoms with Crippen molar-refractivity contribution in [3.05, 3.63) is 71.8 Å². The standard InChI is InChI=1S/C20H25NO/c1-16(21(3)4)15-20(17(2)22,18-11-7-5-8-12-18)19-13-9-6-10-14-19/h5-14,16H,15H2,1-4H3/t16-/m1/s1. The summed E-state index contributed by atoms with van der Waals surface area (Å²) in [4.78, 5) is 15.0. The molecule has 0 aliphatic rings. The van der Waals surface area contributed by atoms with Gasteiger partial charge in [-0.05, 0) is 45.5 Å². The van der Waals surface area contributed by atoms with E-state index in [0.717, 1.165) is 17.5 Å². The number of carbonyl (C=O) groups excluding carboxylic acids is 1. The van der Waals surface area contributed by atoms with E-state index in [1.54, 1.807) is 6.92 Å². The molecule has 22 heavy (non-hydrogen) atoms. The predicted octanol–water partition coefficient (Wildman–Crippen LogP) is 3.90. The van der Waals surface area contributed by atoms with Gasteiger partial charge in [0.15, 0.2) is 0 Å². The molecule has 0 spiro atoms. The van der Waals surface area contributed by atoms with Crippen molar-refractivity contribution in [3.8, 4) is 0 Å². The molecule has 0 heterocycles. The second-order valence-corrected chi connectivity index (χ2v) is 6.21. The minimum atomic E-state index is -0.591. The Kier molecular flexibility index (Phi) is 5.15. The first-order valence-electron chi connectivity index (χ1n) is 7.77. The van der Waals surface area contributed by atoms with E-state index >= 15 is 0 Å². The molecule has 0 aliphatic carbocycles. The molecule has 0 amide bonds. The number of ketones is 1. The monoisotopic (exact) mass is 295 g/mol. The fourth-order valence-corrected chi connectivity index (χ4v) is 3.02. The van der Waals surface area contributed by atoms with Gasteiger partial charge in [0.25, 0.3) is 0 Å². The molecule has 0 radical (unpaired) electrons. The van der Waals surface area contributed by atoms with Crippen molar-refractivity contribution in [2.75, 3.05) is 14.1 Å². The average Bonchev–Trinajstić information content (AvgIpc) is 2.53. The van der Waals surface area contributed by atoms with Crippen LogP contribution in [0.25, 0.3) is 0 Å². The Morgan fingerprint density at radius 1 is 0.955 bits per heavy atom. The molecule has 0 aliphatic heterocycles. The molecule has 0 saturated carbocycles. The molecule has 0 aromatic heterocycles. The van der Waals surface area contributed by atoms with Crippen LogP contribution in [0, 0.1) is 0 Å². The van der Waals surface area contributed by atoms with Crippen LogP contribution in [0.4, 0.5) is 0 Å². The highest BCUT2D eigenvalue weighted by Gasteiger charge is 2.40. The minimum Gasteiger partial charge on any atom is -0.307 e. The Labute approximate surface area is 133 Å². The topological polar surface area (TPSA) is 20.3 Å². The Morgan fingerprint density at radius 2 is 1.36 bits per heavy atom. The van der Waals surface area contributed by atoms with E-state index in [-0.39, 0.29) is 5.78 Å². The van der Waals surface area contributed by atoms with E-state index in [0.29, 0.717) is 6.04 Å². The lowest BCUT2D eigenvalue weighted by atomic mass is 9.68. The molecule has 2 rings (SSSR count). The Hall–Kier alpha value is -1.93. The maximum atomic E-state index is 12.8. The maximum absolute atomic E-state index is 12.8. The van der Waals surface area contributed by atoms with Crippen LogP contribution in [0.1, 0.15) is 31.4 Å². The molecule has 0 N–H and O–H groups in total. The molecular weight excluding hydrogens is 270 g/mol. The Bertz CT molecular complexity index is 565. The minimum absolute atomic E-state index is 0.193. The van der Waals surface area contributed by atoms with E-state index in [9.17, 15) is 4.79 Å². The molecule has 2 nitrogen and oxygen atoms in total. The molecule has 2 heteroatoms. The van der Waals surface area contributed by atoms with Crippen molar-refractivity contribution in [3.63, 3.8) is 0 Å². The summed E-state index contributed by atoms with van der Waals surface area (Å²) in [5, 5.41) is 0. The zero-order valence-electron chi connectivity index (χ0n) is 13.9. The lowest BCUT2D eigenvalue weighted by Crippen LogP contribution is -2.42. The third kappa shape index (κ3) is 3.12. The van der Waals surface area contributed by atoms with Crippen molar-refractivity contribution in [1.82, 2.24) is 4.90 Å². The fourth-order valence-electron chi connectivity index (χ4n) is 3.02. The van der Waals surface area contributed by atoms with Crippen LogP contribution < -0.4 is 0 Å². The zero-order chi connectivity index (χ0) is 16.2. The summed E-state index contributed by atoms with van der Waals surface area (Å²) in [6, 6.07) is 20.6. The average molecular weight is 295 g/mol. The van der Waals surface area contributed by atoms with Crippen molar-refractivity contribution < 1.29 is 4.79 Å². The predicted molar refractivity (Wildman–Crippen MR) is 92.1 cm³/mol. The number of Topliss-reactive ketones (excluding diaryl/α,β-unsaturated/α-hetero) is 1. The summed E-state index contributed by atoms with van der Waals surface area (Å²) in [6.07, 6.45) is 0.767. The largest absolute Gasteiger partial charge is 0.307 e. The molecule has 1 atom stereocenters. The first-order valence-corrected chi connectivity index (χ1v) is 7.77. The second kappa shape index (κ2) is 6.89.